The van der Waals surface area contributed by atoms with E-state index in [9.17, 15) is 0 Å². The predicted octanol–water partition coefficient (Wildman–Crippen LogP) is 9.96. The molecule has 0 unspecified atom stereocenters. The minimum atomic E-state index is -0.0612. The van der Waals surface area contributed by atoms with Crippen LogP contribution in [-0.4, -0.2) is 19.9 Å². The third-order valence-electron chi connectivity index (χ3n) is 8.36. The van der Waals surface area contributed by atoms with Crippen molar-refractivity contribution in [3.05, 3.63) is 158 Å². The fourth-order valence-corrected chi connectivity index (χ4v) is 5.56. The van der Waals surface area contributed by atoms with Crippen LogP contribution in [0.15, 0.2) is 122 Å². The van der Waals surface area contributed by atoms with Crippen LogP contribution in [0, 0.1) is 25.5 Å². The van der Waals surface area contributed by atoms with Gasteiger partial charge in [-0.25, -0.2) is 19.9 Å². The van der Waals surface area contributed by atoms with Crippen molar-refractivity contribution in [3.8, 4) is 0 Å². The van der Waals surface area contributed by atoms with Gasteiger partial charge in [0.1, 0.15) is 23.3 Å². The van der Waals surface area contributed by atoms with Crippen molar-refractivity contribution < 1.29 is 20.1 Å². The number of aromatic nitrogens is 4. The first-order chi connectivity index (χ1) is 24.1. The molecule has 0 bridgehead atoms. The molecule has 6 aromatic rings. The van der Waals surface area contributed by atoms with Gasteiger partial charge in [-0.1, -0.05) is 77.9 Å². The summed E-state index contributed by atoms with van der Waals surface area (Å²) in [5.74, 6) is 3.32. The molecular weight excluding hydrogens is 809 g/mol. The summed E-state index contributed by atoms with van der Waals surface area (Å²) in [7, 11) is 0. The molecule has 2 aliphatic rings. The summed E-state index contributed by atoms with van der Waals surface area (Å²) < 4.78 is 0. The largest absolute Gasteiger partial charge is 0.477 e. The molecule has 0 saturated heterocycles. The summed E-state index contributed by atoms with van der Waals surface area (Å²) in [5, 5.41) is 0. The zero-order valence-corrected chi connectivity index (χ0v) is 32.0. The van der Waals surface area contributed by atoms with Gasteiger partial charge in [-0.2, -0.15) is 60.7 Å². The summed E-state index contributed by atoms with van der Waals surface area (Å²) in [4.78, 5) is 27.6. The Balaban J connectivity index is 0.000000172. The van der Waals surface area contributed by atoms with Crippen LogP contribution in [0.4, 0.5) is 46.0 Å². The summed E-state index contributed by atoms with van der Waals surface area (Å²) in [6.45, 7) is 17.0. The van der Waals surface area contributed by atoms with Crippen LogP contribution in [0.2, 0.25) is 0 Å². The normalized spacial score (nSPS) is 13.6. The molecule has 8 nitrogen and oxygen atoms in total. The number of fused-ring (bicyclic) bond motifs is 2. The van der Waals surface area contributed by atoms with Crippen molar-refractivity contribution in [2.24, 2.45) is 0 Å². The zero-order valence-electron chi connectivity index (χ0n) is 29.6. The second kappa shape index (κ2) is 14.6. The van der Waals surface area contributed by atoms with E-state index in [0.717, 1.165) is 57.4 Å². The van der Waals surface area contributed by atoms with Gasteiger partial charge in [-0.3, -0.25) is 0 Å². The standard InChI is InChI=1S/2C21H20N4.Ir/c2*1-21(2,3)18-14-22-19-20(23-18)25(17-12-8-5-9-13-17)15-24(19)16-10-6-4-7-11-16;/h4-10,12-15H,1-3H3;4-12,14-15H,1-3H3;/q2*-2;. The average Bonchev–Trinajstić information content (AvgIpc) is 3.72. The van der Waals surface area contributed by atoms with Gasteiger partial charge in [0, 0.05) is 42.3 Å². The molecular formula is C42H40IrN8-4. The molecule has 4 aromatic carbocycles. The molecule has 2 aliphatic heterocycles. The van der Waals surface area contributed by atoms with Gasteiger partial charge in [0.05, 0.1) is 23.8 Å². The van der Waals surface area contributed by atoms with E-state index in [1.54, 1.807) is 0 Å². The third kappa shape index (κ3) is 7.51. The molecule has 4 heterocycles. The molecule has 261 valence electrons. The Hall–Kier alpha value is -5.11. The minimum absolute atomic E-state index is 0. The van der Waals surface area contributed by atoms with Gasteiger partial charge in [0.15, 0.2) is 0 Å². The summed E-state index contributed by atoms with van der Waals surface area (Å²) in [5.41, 5.74) is 5.82. The second-order valence-corrected chi connectivity index (χ2v) is 14.2. The van der Waals surface area contributed by atoms with E-state index in [-0.39, 0.29) is 30.9 Å². The molecule has 0 atom stereocenters. The van der Waals surface area contributed by atoms with Crippen molar-refractivity contribution in [1.29, 1.82) is 0 Å². The quantitative estimate of drug-likeness (QED) is 0.163. The van der Waals surface area contributed by atoms with E-state index < -0.39 is 0 Å². The fraction of sp³-hybridized carbons (Fsp3) is 0.190. The minimum Gasteiger partial charge on any atom is -0.477 e. The summed E-state index contributed by atoms with van der Waals surface area (Å²) in [6, 6.07) is 42.8. The van der Waals surface area contributed by atoms with Crippen LogP contribution in [0.25, 0.3) is 0 Å². The number of rotatable bonds is 4. The number of para-hydroxylation sites is 4. The molecule has 0 spiro atoms. The first kappa shape index (κ1) is 35.7. The van der Waals surface area contributed by atoms with Crippen molar-refractivity contribution in [1.82, 2.24) is 19.9 Å². The molecule has 1 radical (unpaired) electrons. The third-order valence-corrected chi connectivity index (χ3v) is 8.36. The molecule has 0 fully saturated rings. The van der Waals surface area contributed by atoms with Crippen molar-refractivity contribution >= 4 is 46.0 Å². The molecule has 51 heavy (non-hydrogen) atoms. The van der Waals surface area contributed by atoms with Gasteiger partial charge in [0.25, 0.3) is 0 Å². The van der Waals surface area contributed by atoms with Crippen LogP contribution in [0.3, 0.4) is 0 Å². The Morgan fingerprint density at radius 3 is 1.25 bits per heavy atom. The molecule has 0 N–H and O–H groups in total. The van der Waals surface area contributed by atoms with Crippen LogP contribution in [0.1, 0.15) is 52.9 Å². The van der Waals surface area contributed by atoms with E-state index in [4.69, 9.17) is 19.9 Å². The Kier molecular flexibility index (Phi) is 10.2. The van der Waals surface area contributed by atoms with E-state index in [1.165, 1.54) is 0 Å². The first-order valence-electron chi connectivity index (χ1n) is 16.7. The topological polar surface area (TPSA) is 64.5 Å². The maximum atomic E-state index is 4.93. The fourth-order valence-electron chi connectivity index (χ4n) is 5.56. The molecule has 8 rings (SSSR count). The number of anilines is 8. The average molecular weight is 849 g/mol. The Labute approximate surface area is 315 Å². The summed E-state index contributed by atoms with van der Waals surface area (Å²) in [6.07, 6.45) is 3.75. The van der Waals surface area contributed by atoms with Crippen molar-refractivity contribution in [2.75, 3.05) is 19.6 Å². The molecule has 0 saturated carbocycles. The van der Waals surface area contributed by atoms with Gasteiger partial charge >= 0.3 is 0 Å². The maximum absolute atomic E-state index is 4.93. The van der Waals surface area contributed by atoms with Crippen LogP contribution >= 0.6 is 0 Å². The smallest absolute Gasteiger partial charge is 0.146 e. The second-order valence-electron chi connectivity index (χ2n) is 14.2. The van der Waals surface area contributed by atoms with Crippen LogP contribution < -0.4 is 19.6 Å². The van der Waals surface area contributed by atoms with E-state index in [1.807, 2.05) is 120 Å². The first-order valence-corrected chi connectivity index (χ1v) is 16.7. The van der Waals surface area contributed by atoms with Crippen LogP contribution in [0.5, 0.6) is 0 Å². The Morgan fingerprint density at radius 2 is 0.843 bits per heavy atom. The summed E-state index contributed by atoms with van der Waals surface area (Å²) >= 11 is 0. The van der Waals surface area contributed by atoms with Gasteiger partial charge in [-0.15, -0.1) is 24.7 Å². The number of benzene rings is 4. The van der Waals surface area contributed by atoms with E-state index in [0.29, 0.717) is 0 Å². The maximum Gasteiger partial charge on any atom is 0.146 e. The van der Waals surface area contributed by atoms with E-state index >= 15 is 0 Å². The Morgan fingerprint density at radius 1 is 0.471 bits per heavy atom. The number of hydrogen-bond acceptors (Lipinski definition) is 8. The molecule has 2 aromatic heterocycles. The molecule has 0 aliphatic carbocycles. The predicted molar refractivity (Wildman–Crippen MR) is 202 cm³/mol. The molecule has 0 amide bonds. The van der Waals surface area contributed by atoms with Crippen molar-refractivity contribution in [3.63, 3.8) is 0 Å². The zero-order chi connectivity index (χ0) is 34.9. The van der Waals surface area contributed by atoms with Gasteiger partial charge in [-0.05, 0) is 24.3 Å². The number of hydrogen-bond donors (Lipinski definition) is 0. The van der Waals surface area contributed by atoms with Crippen LogP contribution in [-0.2, 0) is 30.9 Å². The van der Waals surface area contributed by atoms with Gasteiger partial charge < -0.3 is 19.6 Å². The van der Waals surface area contributed by atoms with E-state index in [2.05, 4.69) is 87.7 Å². The van der Waals surface area contributed by atoms with Gasteiger partial charge in [0.2, 0.25) is 0 Å². The Bertz CT molecular complexity index is 1900. The number of nitrogens with zero attached hydrogens (tertiary/aromatic N) is 8. The monoisotopic (exact) mass is 849 g/mol. The molecule has 9 heteroatoms. The van der Waals surface area contributed by atoms with Crippen molar-refractivity contribution in [2.45, 2.75) is 52.4 Å². The SMILES string of the molecule is CC(C)(C)c1cnc2c(n1)N(c1[c-]cccc1)[CH-]N2c1ccccc1.CC(C)(C)c1cnc2c(n1)N(c1ccccc1)[CH-]N2c1[c-]cccc1.[Ir].